The van der Waals surface area contributed by atoms with E-state index >= 15 is 0 Å². The van der Waals surface area contributed by atoms with Crippen LogP contribution in [0, 0.1) is 0 Å². The van der Waals surface area contributed by atoms with Crippen LogP contribution in [-0.2, 0) is 9.84 Å². The van der Waals surface area contributed by atoms with Gasteiger partial charge < -0.3 is 20.3 Å². The Morgan fingerprint density at radius 2 is 1.80 bits per heavy atom. The van der Waals surface area contributed by atoms with E-state index < -0.39 is 9.84 Å². The van der Waals surface area contributed by atoms with Crippen LogP contribution in [0.5, 0.6) is 5.75 Å². The van der Waals surface area contributed by atoms with E-state index in [1.165, 1.54) is 6.26 Å². The first-order chi connectivity index (χ1) is 13.8. The van der Waals surface area contributed by atoms with Gasteiger partial charge >= 0.3 is 0 Å². The number of nitrogens with one attached hydrogen (secondary N) is 2. The van der Waals surface area contributed by atoms with Crippen LogP contribution in [0.2, 0.25) is 0 Å². The van der Waals surface area contributed by atoms with Gasteiger partial charge in [0.25, 0.3) is 0 Å². The number of benzene rings is 1. The molecule has 0 aliphatic heterocycles. The molecule has 7 nitrogen and oxygen atoms in total. The molecule has 1 unspecified atom stereocenters. The molecule has 0 radical (unpaired) electrons. The molecule has 0 saturated heterocycles. The summed E-state index contributed by atoms with van der Waals surface area (Å²) in [6.45, 7) is 13.7. The third-order valence-electron chi connectivity index (χ3n) is 4.62. The lowest BCUT2D eigenvalue weighted by molar-refractivity contribution is 0.292. The zero-order valence-electron chi connectivity index (χ0n) is 19.0. The summed E-state index contributed by atoms with van der Waals surface area (Å²) in [5, 5.41) is 6.71. The summed E-state index contributed by atoms with van der Waals surface area (Å²) in [4.78, 5) is 7.29. The summed E-state index contributed by atoms with van der Waals surface area (Å²) >= 11 is 0. The van der Waals surface area contributed by atoms with Crippen LogP contribution in [0.15, 0.2) is 34.2 Å². The van der Waals surface area contributed by atoms with Crippen molar-refractivity contribution in [2.75, 3.05) is 45.6 Å². The number of hydrogen-bond acceptors (Lipinski definition) is 5. The fourth-order valence-electron chi connectivity index (χ4n) is 2.89. The molecular formula is C21H39IN4O3S. The lowest BCUT2D eigenvalue weighted by atomic mass is 10.2. The molecule has 2 N–H and O–H groups in total. The zero-order chi connectivity index (χ0) is 21.7. The maximum Gasteiger partial charge on any atom is 0.191 e. The Morgan fingerprint density at radius 3 is 2.33 bits per heavy atom. The largest absolute Gasteiger partial charge is 0.492 e. The van der Waals surface area contributed by atoms with Gasteiger partial charge in [-0.15, -0.1) is 24.0 Å². The highest BCUT2D eigenvalue weighted by molar-refractivity contribution is 14.0. The van der Waals surface area contributed by atoms with Crippen LogP contribution in [0.3, 0.4) is 0 Å². The standard InChI is InChI=1S/C21H38N4O3S.HI/c1-6-22-21(24-18(4)10-9-16-25(7-2)8-3)23-15-17-28-19-11-13-20(14-12-19)29(5,26)27;/h11-14,18H,6-10,15-17H2,1-5H3,(H2,22,23,24);1H. The van der Waals surface area contributed by atoms with E-state index in [9.17, 15) is 8.42 Å². The van der Waals surface area contributed by atoms with Crippen LogP contribution >= 0.6 is 24.0 Å². The van der Waals surface area contributed by atoms with Gasteiger partial charge in [0.05, 0.1) is 11.4 Å². The molecule has 1 atom stereocenters. The van der Waals surface area contributed by atoms with Gasteiger partial charge in [-0.05, 0) is 70.6 Å². The maximum absolute atomic E-state index is 11.5. The highest BCUT2D eigenvalue weighted by atomic mass is 127. The van der Waals surface area contributed by atoms with Crippen molar-refractivity contribution in [3.8, 4) is 5.75 Å². The number of hydrogen-bond donors (Lipinski definition) is 2. The topological polar surface area (TPSA) is 83.0 Å². The Labute approximate surface area is 200 Å². The second-order valence-electron chi connectivity index (χ2n) is 7.07. The van der Waals surface area contributed by atoms with Crippen LogP contribution in [0.25, 0.3) is 0 Å². The van der Waals surface area contributed by atoms with E-state index in [2.05, 4.69) is 41.3 Å². The predicted molar refractivity (Wildman–Crippen MR) is 136 cm³/mol. The van der Waals surface area contributed by atoms with Gasteiger partial charge in [0.2, 0.25) is 0 Å². The summed E-state index contributed by atoms with van der Waals surface area (Å²) in [7, 11) is -3.19. The molecular weight excluding hydrogens is 515 g/mol. The van der Waals surface area contributed by atoms with Gasteiger partial charge in [-0.2, -0.15) is 0 Å². The first kappa shape index (κ1) is 28.9. The van der Waals surface area contributed by atoms with Crippen LogP contribution in [-0.4, -0.2) is 70.9 Å². The van der Waals surface area contributed by atoms with E-state index in [0.717, 1.165) is 45.0 Å². The van der Waals surface area contributed by atoms with Crippen molar-refractivity contribution in [3.63, 3.8) is 0 Å². The van der Waals surface area contributed by atoms with E-state index in [1.54, 1.807) is 24.3 Å². The molecule has 0 heterocycles. The lowest BCUT2D eigenvalue weighted by Crippen LogP contribution is -2.42. The third-order valence-corrected chi connectivity index (χ3v) is 5.74. The van der Waals surface area contributed by atoms with Crippen molar-refractivity contribution in [2.24, 2.45) is 4.99 Å². The Kier molecular flexibility index (Phi) is 15.1. The minimum atomic E-state index is -3.19. The van der Waals surface area contributed by atoms with E-state index in [1.807, 2.05) is 6.92 Å². The third kappa shape index (κ3) is 11.9. The molecule has 0 aromatic heterocycles. The normalized spacial score (nSPS) is 12.9. The SMILES string of the molecule is CCNC(=NCCOc1ccc(S(C)(=O)=O)cc1)NC(C)CCCN(CC)CC.I. The van der Waals surface area contributed by atoms with Crippen LogP contribution in [0.4, 0.5) is 0 Å². The van der Waals surface area contributed by atoms with Gasteiger partial charge in [-0.1, -0.05) is 13.8 Å². The van der Waals surface area contributed by atoms with Crippen molar-refractivity contribution in [3.05, 3.63) is 24.3 Å². The fourth-order valence-corrected chi connectivity index (χ4v) is 3.52. The summed E-state index contributed by atoms with van der Waals surface area (Å²) in [5.74, 6) is 1.43. The van der Waals surface area contributed by atoms with Crippen molar-refractivity contribution in [1.29, 1.82) is 0 Å². The molecule has 174 valence electrons. The van der Waals surface area contributed by atoms with Gasteiger partial charge in [-0.25, -0.2) is 13.4 Å². The lowest BCUT2D eigenvalue weighted by Gasteiger charge is -2.21. The van der Waals surface area contributed by atoms with E-state index in [4.69, 9.17) is 4.74 Å². The first-order valence-electron chi connectivity index (χ1n) is 10.5. The molecule has 0 aliphatic carbocycles. The number of halogens is 1. The Bertz CT molecular complexity index is 707. The predicted octanol–water partition coefficient (Wildman–Crippen LogP) is 3.15. The van der Waals surface area contributed by atoms with E-state index in [-0.39, 0.29) is 28.9 Å². The molecule has 1 aromatic carbocycles. The highest BCUT2D eigenvalue weighted by Gasteiger charge is 2.08. The highest BCUT2D eigenvalue weighted by Crippen LogP contribution is 2.15. The molecule has 0 aliphatic rings. The van der Waals surface area contributed by atoms with Crippen LogP contribution in [0.1, 0.15) is 40.5 Å². The summed E-state index contributed by atoms with van der Waals surface area (Å²) in [6, 6.07) is 6.79. The van der Waals surface area contributed by atoms with Gasteiger partial charge in [0.1, 0.15) is 12.4 Å². The fraction of sp³-hybridized carbons (Fsp3) is 0.667. The molecule has 1 rings (SSSR count). The Hall–Kier alpha value is -1.07. The molecule has 0 saturated carbocycles. The quantitative estimate of drug-likeness (QED) is 0.169. The molecule has 30 heavy (non-hydrogen) atoms. The minimum absolute atomic E-state index is 0. The number of sulfone groups is 1. The average Bonchev–Trinajstić information content (AvgIpc) is 2.68. The molecule has 0 bridgehead atoms. The van der Waals surface area contributed by atoms with Gasteiger partial charge in [0, 0.05) is 18.8 Å². The van der Waals surface area contributed by atoms with Crippen molar-refractivity contribution in [1.82, 2.24) is 15.5 Å². The molecule has 0 amide bonds. The molecule has 0 fully saturated rings. The Morgan fingerprint density at radius 1 is 1.17 bits per heavy atom. The zero-order valence-corrected chi connectivity index (χ0v) is 22.1. The van der Waals surface area contributed by atoms with Gasteiger partial charge in [0.15, 0.2) is 15.8 Å². The summed E-state index contributed by atoms with van der Waals surface area (Å²) in [5.41, 5.74) is 0. The van der Waals surface area contributed by atoms with Crippen molar-refractivity contribution < 1.29 is 13.2 Å². The van der Waals surface area contributed by atoms with E-state index in [0.29, 0.717) is 24.9 Å². The molecule has 0 spiro atoms. The van der Waals surface area contributed by atoms with Gasteiger partial charge in [-0.3, -0.25) is 0 Å². The van der Waals surface area contributed by atoms with Crippen LogP contribution < -0.4 is 15.4 Å². The number of guanidine groups is 1. The average molecular weight is 555 g/mol. The molecule has 9 heteroatoms. The number of aliphatic imine (C=N–C) groups is 1. The minimum Gasteiger partial charge on any atom is -0.492 e. The second-order valence-corrected chi connectivity index (χ2v) is 9.08. The monoisotopic (exact) mass is 554 g/mol. The summed E-state index contributed by atoms with van der Waals surface area (Å²) in [6.07, 6.45) is 3.43. The van der Waals surface area contributed by atoms with Crippen molar-refractivity contribution >= 4 is 39.8 Å². The Balaban J connectivity index is 0.00000841. The second kappa shape index (κ2) is 15.7. The molecule has 1 aromatic rings. The number of nitrogens with zero attached hydrogens (tertiary/aromatic N) is 2. The number of ether oxygens (including phenoxy) is 1. The smallest absolute Gasteiger partial charge is 0.191 e. The first-order valence-corrected chi connectivity index (χ1v) is 12.4. The maximum atomic E-state index is 11.5. The number of rotatable bonds is 13. The van der Waals surface area contributed by atoms with Crippen molar-refractivity contribution in [2.45, 2.75) is 51.5 Å². The summed E-state index contributed by atoms with van der Waals surface area (Å²) < 4.78 is 28.6.